The topological polar surface area (TPSA) is 63.2 Å². The van der Waals surface area contributed by atoms with Gasteiger partial charge in [0, 0.05) is 22.8 Å². The van der Waals surface area contributed by atoms with E-state index in [1.807, 2.05) is 0 Å². The molecule has 1 aliphatic rings. The minimum atomic E-state index is -3.83. The highest BCUT2D eigenvalue weighted by Gasteiger charge is 2.45. The summed E-state index contributed by atoms with van der Waals surface area (Å²) in [4.78, 5) is 12.2. The van der Waals surface area contributed by atoms with Crippen molar-refractivity contribution in [2.24, 2.45) is 11.3 Å². The predicted molar refractivity (Wildman–Crippen MR) is 83.1 cm³/mol. The van der Waals surface area contributed by atoms with Gasteiger partial charge in [-0.1, -0.05) is 13.8 Å². The SMILES string of the molecule is Cc1cc(C(=O)NCC2(C(C)C)CC2)cc(S(=O)(=O)Cl)c1. The molecular weight excluding hydrogens is 310 g/mol. The van der Waals surface area contributed by atoms with Crippen LogP contribution in [-0.4, -0.2) is 20.9 Å². The van der Waals surface area contributed by atoms with Crippen LogP contribution in [-0.2, 0) is 9.05 Å². The van der Waals surface area contributed by atoms with Crippen LogP contribution < -0.4 is 5.32 Å². The van der Waals surface area contributed by atoms with Gasteiger partial charge in [0.25, 0.3) is 15.0 Å². The van der Waals surface area contributed by atoms with E-state index in [0.717, 1.165) is 12.8 Å². The first-order valence-corrected chi connectivity index (χ1v) is 9.29. The van der Waals surface area contributed by atoms with Crippen molar-refractivity contribution >= 4 is 25.6 Å². The van der Waals surface area contributed by atoms with Gasteiger partial charge in [0.2, 0.25) is 0 Å². The quantitative estimate of drug-likeness (QED) is 0.844. The van der Waals surface area contributed by atoms with Gasteiger partial charge in [0.05, 0.1) is 4.90 Å². The summed E-state index contributed by atoms with van der Waals surface area (Å²) in [7, 11) is 1.52. The van der Waals surface area contributed by atoms with Crippen molar-refractivity contribution in [3.05, 3.63) is 29.3 Å². The average molecular weight is 330 g/mol. The fourth-order valence-electron chi connectivity index (χ4n) is 2.50. The van der Waals surface area contributed by atoms with Crippen LogP contribution >= 0.6 is 10.7 Å². The second-order valence-electron chi connectivity index (χ2n) is 6.17. The number of carbonyl (C=O) groups excluding carboxylic acids is 1. The lowest BCUT2D eigenvalue weighted by atomic mass is 9.92. The highest BCUT2D eigenvalue weighted by Crippen LogP contribution is 2.51. The number of rotatable bonds is 5. The van der Waals surface area contributed by atoms with Gasteiger partial charge in [-0.15, -0.1) is 0 Å². The van der Waals surface area contributed by atoms with Crippen LogP contribution in [0.3, 0.4) is 0 Å². The number of hydrogen-bond acceptors (Lipinski definition) is 3. The summed E-state index contributed by atoms with van der Waals surface area (Å²) in [6.45, 7) is 6.67. The Morgan fingerprint density at radius 1 is 1.33 bits per heavy atom. The normalized spacial score (nSPS) is 16.8. The third-order valence-corrected chi connectivity index (χ3v) is 5.65. The van der Waals surface area contributed by atoms with E-state index in [-0.39, 0.29) is 16.2 Å². The summed E-state index contributed by atoms with van der Waals surface area (Å²) in [6, 6.07) is 4.44. The van der Waals surface area contributed by atoms with Gasteiger partial charge in [-0.3, -0.25) is 4.79 Å². The van der Waals surface area contributed by atoms with E-state index in [4.69, 9.17) is 10.7 Å². The highest BCUT2D eigenvalue weighted by molar-refractivity contribution is 8.13. The molecule has 1 aromatic rings. The molecule has 1 N–H and O–H groups in total. The second-order valence-corrected chi connectivity index (χ2v) is 8.74. The Morgan fingerprint density at radius 3 is 2.43 bits per heavy atom. The molecular formula is C15H20ClNO3S. The van der Waals surface area contributed by atoms with Crippen molar-refractivity contribution in [2.45, 2.75) is 38.5 Å². The first-order valence-electron chi connectivity index (χ1n) is 6.99. The lowest BCUT2D eigenvalue weighted by Gasteiger charge is -2.20. The lowest BCUT2D eigenvalue weighted by Crippen LogP contribution is -2.32. The van der Waals surface area contributed by atoms with Crippen molar-refractivity contribution < 1.29 is 13.2 Å². The van der Waals surface area contributed by atoms with Crippen LogP contribution in [0.1, 0.15) is 42.6 Å². The molecule has 0 saturated heterocycles. The molecule has 0 atom stereocenters. The summed E-state index contributed by atoms with van der Waals surface area (Å²) >= 11 is 0. The van der Waals surface area contributed by atoms with Gasteiger partial charge in [-0.2, -0.15) is 0 Å². The Kier molecular flexibility index (Phi) is 4.36. The lowest BCUT2D eigenvalue weighted by molar-refractivity contribution is 0.0939. The van der Waals surface area contributed by atoms with E-state index >= 15 is 0 Å². The zero-order valence-corrected chi connectivity index (χ0v) is 14.0. The Balaban J connectivity index is 2.15. The molecule has 2 rings (SSSR count). The van der Waals surface area contributed by atoms with E-state index in [9.17, 15) is 13.2 Å². The first kappa shape index (κ1) is 16.3. The molecule has 0 aromatic heterocycles. The molecule has 0 radical (unpaired) electrons. The van der Waals surface area contributed by atoms with Crippen molar-refractivity contribution in [3.63, 3.8) is 0 Å². The maximum atomic E-state index is 12.2. The monoisotopic (exact) mass is 329 g/mol. The zero-order chi connectivity index (χ0) is 15.8. The van der Waals surface area contributed by atoms with Gasteiger partial charge in [0.15, 0.2) is 0 Å². The first-order chi connectivity index (χ1) is 9.64. The second kappa shape index (κ2) is 5.61. The van der Waals surface area contributed by atoms with Crippen LogP contribution in [0, 0.1) is 18.3 Å². The van der Waals surface area contributed by atoms with Crippen molar-refractivity contribution in [1.82, 2.24) is 5.32 Å². The van der Waals surface area contributed by atoms with Crippen molar-refractivity contribution in [2.75, 3.05) is 6.54 Å². The van der Waals surface area contributed by atoms with E-state index < -0.39 is 9.05 Å². The van der Waals surface area contributed by atoms with Crippen LogP contribution in [0.2, 0.25) is 0 Å². The van der Waals surface area contributed by atoms with Crippen LogP contribution in [0.4, 0.5) is 0 Å². The fraction of sp³-hybridized carbons (Fsp3) is 0.533. The molecule has 1 fully saturated rings. The van der Waals surface area contributed by atoms with Crippen LogP contribution in [0.25, 0.3) is 0 Å². The minimum Gasteiger partial charge on any atom is -0.351 e. The molecule has 1 saturated carbocycles. The summed E-state index contributed by atoms with van der Waals surface area (Å²) in [5.41, 5.74) is 1.22. The number of nitrogens with one attached hydrogen (secondary N) is 1. The highest BCUT2D eigenvalue weighted by atomic mass is 35.7. The maximum absolute atomic E-state index is 12.2. The summed E-state index contributed by atoms with van der Waals surface area (Å²) < 4.78 is 22.8. The Morgan fingerprint density at radius 2 is 1.95 bits per heavy atom. The number of halogens is 1. The molecule has 1 aromatic carbocycles. The van der Waals surface area contributed by atoms with Crippen molar-refractivity contribution in [1.29, 1.82) is 0 Å². The Labute approximate surface area is 130 Å². The maximum Gasteiger partial charge on any atom is 0.261 e. The molecule has 1 aliphatic carbocycles. The Bertz CT molecular complexity index is 663. The number of benzene rings is 1. The molecule has 0 heterocycles. The molecule has 0 aliphatic heterocycles. The molecule has 0 unspecified atom stereocenters. The number of hydrogen-bond donors (Lipinski definition) is 1. The molecule has 6 heteroatoms. The number of aryl methyl sites for hydroxylation is 1. The van der Waals surface area contributed by atoms with E-state index in [1.54, 1.807) is 13.0 Å². The summed E-state index contributed by atoms with van der Waals surface area (Å²) in [5.74, 6) is 0.265. The van der Waals surface area contributed by atoms with Crippen molar-refractivity contribution in [3.8, 4) is 0 Å². The molecule has 116 valence electrons. The van der Waals surface area contributed by atoms with Gasteiger partial charge >= 0.3 is 0 Å². The minimum absolute atomic E-state index is 0.0423. The van der Waals surface area contributed by atoms with E-state index in [2.05, 4.69) is 19.2 Å². The largest absolute Gasteiger partial charge is 0.351 e. The predicted octanol–water partition coefficient (Wildman–Crippen LogP) is 3.09. The Hall–Kier alpha value is -1.07. The van der Waals surface area contributed by atoms with E-state index in [0.29, 0.717) is 23.6 Å². The third-order valence-electron chi connectivity index (χ3n) is 4.31. The molecule has 0 bridgehead atoms. The zero-order valence-electron chi connectivity index (χ0n) is 12.4. The van der Waals surface area contributed by atoms with Gasteiger partial charge in [-0.25, -0.2) is 8.42 Å². The van der Waals surface area contributed by atoms with Gasteiger partial charge in [0.1, 0.15) is 0 Å². The molecule has 1 amide bonds. The van der Waals surface area contributed by atoms with Crippen LogP contribution in [0.15, 0.2) is 23.1 Å². The summed E-state index contributed by atoms with van der Waals surface area (Å²) in [5, 5.41) is 2.91. The van der Waals surface area contributed by atoms with Gasteiger partial charge in [-0.05, 0) is 54.9 Å². The van der Waals surface area contributed by atoms with E-state index in [1.165, 1.54) is 12.1 Å². The molecule has 4 nitrogen and oxygen atoms in total. The van der Waals surface area contributed by atoms with Crippen LogP contribution in [0.5, 0.6) is 0 Å². The number of carbonyl (C=O) groups is 1. The molecule has 0 spiro atoms. The average Bonchev–Trinajstić information content (AvgIpc) is 3.15. The molecule has 21 heavy (non-hydrogen) atoms. The van der Waals surface area contributed by atoms with Gasteiger partial charge < -0.3 is 5.32 Å². The standard InChI is InChI=1S/C15H20ClNO3S/c1-10(2)15(4-5-15)9-17-14(18)12-6-11(3)7-13(8-12)21(16,19)20/h6-8,10H,4-5,9H2,1-3H3,(H,17,18). The smallest absolute Gasteiger partial charge is 0.261 e. The fourth-order valence-corrected chi connectivity index (χ4v) is 3.36. The number of amides is 1. The summed E-state index contributed by atoms with van der Waals surface area (Å²) in [6.07, 6.45) is 2.25. The third kappa shape index (κ3) is 3.77.